The van der Waals surface area contributed by atoms with Crippen LogP contribution < -0.4 is 4.73 Å². The molecular weight excluding hydrogens is 300 g/mol. The van der Waals surface area contributed by atoms with Crippen molar-refractivity contribution in [3.63, 3.8) is 0 Å². The van der Waals surface area contributed by atoms with Crippen molar-refractivity contribution in [1.29, 1.82) is 0 Å². The molecule has 1 aromatic carbocycles. The molecule has 2 aromatic rings. The second kappa shape index (κ2) is 7.47. The number of nitrogens with zero attached hydrogens (tertiary/aromatic N) is 2. The van der Waals surface area contributed by atoms with Crippen LogP contribution in [0.15, 0.2) is 48.8 Å². The van der Waals surface area contributed by atoms with Crippen LogP contribution in [0.2, 0.25) is 0 Å². The van der Waals surface area contributed by atoms with E-state index in [1.807, 2.05) is 4.90 Å². The molecule has 126 valence electrons. The van der Waals surface area contributed by atoms with Gasteiger partial charge in [0.15, 0.2) is 12.4 Å². The SMILES string of the molecule is Cc1ccc(CCC2CCN(C(=O)c3cc[n+]([O-])cc3)CC2)cc1. The number of benzene rings is 1. The van der Waals surface area contributed by atoms with Crippen LogP contribution in [-0.2, 0) is 6.42 Å². The third-order valence-corrected chi connectivity index (χ3v) is 4.91. The normalized spacial score (nSPS) is 15.5. The van der Waals surface area contributed by atoms with Gasteiger partial charge in [-0.2, -0.15) is 4.73 Å². The molecule has 0 radical (unpaired) electrons. The summed E-state index contributed by atoms with van der Waals surface area (Å²) in [7, 11) is 0. The van der Waals surface area contributed by atoms with Crippen molar-refractivity contribution in [3.05, 3.63) is 70.7 Å². The van der Waals surface area contributed by atoms with Crippen LogP contribution in [0.25, 0.3) is 0 Å². The van der Waals surface area contributed by atoms with Gasteiger partial charge in [0.25, 0.3) is 5.91 Å². The Labute approximate surface area is 143 Å². The average molecular weight is 324 g/mol. The number of aromatic nitrogens is 1. The van der Waals surface area contributed by atoms with E-state index in [4.69, 9.17) is 0 Å². The van der Waals surface area contributed by atoms with E-state index >= 15 is 0 Å². The lowest BCUT2D eigenvalue weighted by Gasteiger charge is -2.32. The highest BCUT2D eigenvalue weighted by Gasteiger charge is 2.23. The predicted molar refractivity (Wildman–Crippen MR) is 93.5 cm³/mol. The van der Waals surface area contributed by atoms with Crippen LogP contribution in [0.4, 0.5) is 0 Å². The van der Waals surface area contributed by atoms with Crippen molar-refractivity contribution >= 4 is 5.91 Å². The quantitative estimate of drug-likeness (QED) is 0.641. The lowest BCUT2D eigenvalue weighted by molar-refractivity contribution is -0.605. The number of pyridine rings is 1. The van der Waals surface area contributed by atoms with E-state index in [0.29, 0.717) is 16.2 Å². The summed E-state index contributed by atoms with van der Waals surface area (Å²) >= 11 is 0. The van der Waals surface area contributed by atoms with Crippen LogP contribution in [0, 0.1) is 18.0 Å². The Bertz CT molecular complexity index is 672. The molecule has 0 saturated carbocycles. The first-order valence-electron chi connectivity index (χ1n) is 8.65. The highest BCUT2D eigenvalue weighted by atomic mass is 16.5. The molecule has 3 rings (SSSR count). The Balaban J connectivity index is 1.47. The van der Waals surface area contributed by atoms with E-state index in [2.05, 4.69) is 31.2 Å². The summed E-state index contributed by atoms with van der Waals surface area (Å²) in [5, 5.41) is 11.1. The van der Waals surface area contributed by atoms with Crippen molar-refractivity contribution in [2.45, 2.75) is 32.6 Å². The summed E-state index contributed by atoms with van der Waals surface area (Å²) in [6, 6.07) is 12.0. The summed E-state index contributed by atoms with van der Waals surface area (Å²) in [6.45, 7) is 3.73. The second-order valence-corrected chi connectivity index (χ2v) is 6.71. The van der Waals surface area contributed by atoms with Gasteiger partial charge in [0, 0.05) is 25.2 Å². The lowest BCUT2D eigenvalue weighted by atomic mass is 9.90. The number of piperidine rings is 1. The standard InChI is InChI=1S/C20H24N2O2/c1-16-2-4-17(5-3-16)6-7-18-8-12-21(13-9-18)20(23)19-10-14-22(24)15-11-19/h2-5,10-11,14-15,18H,6-9,12-13H2,1H3. The number of carbonyl (C=O) groups excluding carboxylic acids is 1. The van der Waals surface area contributed by atoms with Gasteiger partial charge in [-0.15, -0.1) is 0 Å². The highest BCUT2D eigenvalue weighted by Crippen LogP contribution is 2.23. The van der Waals surface area contributed by atoms with Crippen molar-refractivity contribution in [3.8, 4) is 0 Å². The summed E-state index contributed by atoms with van der Waals surface area (Å²) < 4.78 is 0.702. The maximum absolute atomic E-state index is 12.4. The fraction of sp³-hybridized carbons (Fsp3) is 0.400. The zero-order valence-electron chi connectivity index (χ0n) is 14.1. The second-order valence-electron chi connectivity index (χ2n) is 6.71. The minimum atomic E-state index is 0.0348. The smallest absolute Gasteiger partial charge is 0.254 e. The molecule has 0 bridgehead atoms. The maximum atomic E-state index is 12.4. The summed E-state index contributed by atoms with van der Waals surface area (Å²) in [5.74, 6) is 0.725. The number of rotatable bonds is 4. The molecule has 0 atom stereocenters. The Kier molecular flexibility index (Phi) is 5.14. The van der Waals surface area contributed by atoms with Gasteiger partial charge in [0.05, 0.1) is 5.56 Å². The van der Waals surface area contributed by atoms with Gasteiger partial charge in [0.2, 0.25) is 0 Å². The van der Waals surface area contributed by atoms with Gasteiger partial charge in [-0.25, -0.2) is 0 Å². The van der Waals surface area contributed by atoms with Crippen molar-refractivity contribution in [1.82, 2.24) is 4.90 Å². The van der Waals surface area contributed by atoms with E-state index in [-0.39, 0.29) is 5.91 Å². The molecule has 1 saturated heterocycles. The predicted octanol–water partition coefficient (Wildman–Crippen LogP) is 3.11. The molecule has 2 heterocycles. The fourth-order valence-electron chi connectivity index (χ4n) is 3.29. The molecule has 0 spiro atoms. The molecule has 1 aliphatic heterocycles. The van der Waals surface area contributed by atoms with E-state index in [9.17, 15) is 10.0 Å². The highest BCUT2D eigenvalue weighted by molar-refractivity contribution is 5.94. The number of likely N-dealkylation sites (tertiary alicyclic amines) is 1. The number of hydrogen-bond acceptors (Lipinski definition) is 2. The Hall–Kier alpha value is -2.36. The third-order valence-electron chi connectivity index (χ3n) is 4.91. The molecule has 24 heavy (non-hydrogen) atoms. The number of aryl methyl sites for hydroxylation is 2. The zero-order chi connectivity index (χ0) is 16.9. The summed E-state index contributed by atoms with van der Waals surface area (Å²) in [6.07, 6.45) is 7.18. The van der Waals surface area contributed by atoms with Gasteiger partial charge in [-0.3, -0.25) is 4.79 Å². The van der Waals surface area contributed by atoms with E-state index in [1.165, 1.54) is 29.9 Å². The molecule has 4 nitrogen and oxygen atoms in total. The minimum Gasteiger partial charge on any atom is -0.619 e. The average Bonchev–Trinajstić information content (AvgIpc) is 2.62. The lowest BCUT2D eigenvalue weighted by Crippen LogP contribution is -2.39. The topological polar surface area (TPSA) is 47.2 Å². The van der Waals surface area contributed by atoms with Crippen LogP contribution >= 0.6 is 0 Å². The Morgan fingerprint density at radius 1 is 1.12 bits per heavy atom. The first-order valence-corrected chi connectivity index (χ1v) is 8.65. The van der Waals surface area contributed by atoms with Gasteiger partial charge < -0.3 is 10.1 Å². The van der Waals surface area contributed by atoms with Crippen molar-refractivity contribution < 1.29 is 9.52 Å². The van der Waals surface area contributed by atoms with Crippen LogP contribution in [0.5, 0.6) is 0 Å². The number of hydrogen-bond donors (Lipinski definition) is 0. The maximum Gasteiger partial charge on any atom is 0.254 e. The summed E-state index contributed by atoms with van der Waals surface area (Å²) in [4.78, 5) is 14.4. The molecule has 4 heteroatoms. The first kappa shape index (κ1) is 16.5. The van der Waals surface area contributed by atoms with E-state index < -0.39 is 0 Å². The molecule has 0 unspecified atom stereocenters. The molecular formula is C20H24N2O2. The molecule has 0 aliphatic carbocycles. The third kappa shape index (κ3) is 4.13. The minimum absolute atomic E-state index is 0.0348. The first-order chi connectivity index (χ1) is 11.6. The Morgan fingerprint density at radius 3 is 2.38 bits per heavy atom. The van der Waals surface area contributed by atoms with Crippen LogP contribution in [0.1, 0.15) is 40.7 Å². The van der Waals surface area contributed by atoms with Gasteiger partial charge in [-0.05, 0) is 44.1 Å². The molecule has 1 aliphatic rings. The van der Waals surface area contributed by atoms with Crippen LogP contribution in [0.3, 0.4) is 0 Å². The van der Waals surface area contributed by atoms with Crippen molar-refractivity contribution in [2.75, 3.05) is 13.1 Å². The zero-order valence-corrected chi connectivity index (χ0v) is 14.1. The molecule has 1 amide bonds. The van der Waals surface area contributed by atoms with E-state index in [1.54, 1.807) is 12.1 Å². The monoisotopic (exact) mass is 324 g/mol. The number of amides is 1. The molecule has 1 fully saturated rings. The van der Waals surface area contributed by atoms with Gasteiger partial charge >= 0.3 is 0 Å². The number of carbonyl (C=O) groups is 1. The van der Waals surface area contributed by atoms with Gasteiger partial charge in [0.1, 0.15) is 0 Å². The van der Waals surface area contributed by atoms with Gasteiger partial charge in [-0.1, -0.05) is 29.8 Å². The molecule has 0 N–H and O–H groups in total. The van der Waals surface area contributed by atoms with Crippen molar-refractivity contribution in [2.24, 2.45) is 5.92 Å². The largest absolute Gasteiger partial charge is 0.619 e. The summed E-state index contributed by atoms with van der Waals surface area (Å²) in [5.41, 5.74) is 3.29. The van der Waals surface area contributed by atoms with E-state index in [0.717, 1.165) is 32.4 Å². The fourth-order valence-corrected chi connectivity index (χ4v) is 3.29. The van der Waals surface area contributed by atoms with Crippen LogP contribution in [-0.4, -0.2) is 23.9 Å². The molecule has 1 aromatic heterocycles. The Morgan fingerprint density at radius 2 is 1.75 bits per heavy atom.